The minimum Gasteiger partial charge on any atom is -0.464 e. The van der Waals surface area contributed by atoms with Crippen LogP contribution in [0.4, 0.5) is 0 Å². The zero-order chi connectivity index (χ0) is 8.27. The van der Waals surface area contributed by atoms with Gasteiger partial charge in [0, 0.05) is 0 Å². The van der Waals surface area contributed by atoms with Gasteiger partial charge in [-0.15, -0.1) is 0 Å². The number of nitrogens with one attached hydrogen (secondary N) is 1. The third-order valence-corrected chi connectivity index (χ3v) is 1.26. The van der Waals surface area contributed by atoms with Crippen LogP contribution in [0.1, 0.15) is 16.2 Å². The van der Waals surface area contributed by atoms with Crippen molar-refractivity contribution in [1.82, 2.24) is 9.97 Å². The van der Waals surface area contributed by atoms with Crippen molar-refractivity contribution in [3.05, 3.63) is 17.7 Å². The molecule has 0 saturated carbocycles. The van der Waals surface area contributed by atoms with E-state index in [4.69, 9.17) is 5.11 Å². The highest BCUT2D eigenvalue weighted by Crippen LogP contribution is 2.03. The first-order valence-corrected chi connectivity index (χ1v) is 3.01. The molecule has 1 rings (SSSR count). The molecule has 0 aliphatic carbocycles. The molecule has 0 amide bonds. The second kappa shape index (κ2) is 3.16. The molecule has 0 spiro atoms. The molecule has 2 N–H and O–H groups in total. The number of imidazole rings is 1. The van der Waals surface area contributed by atoms with Gasteiger partial charge in [0.15, 0.2) is 0 Å². The van der Waals surface area contributed by atoms with Crippen molar-refractivity contribution in [3.63, 3.8) is 0 Å². The maximum Gasteiger partial charge on any atom is 0.356 e. The smallest absolute Gasteiger partial charge is 0.356 e. The standard InChI is InChI=1S/C6H8N2O3/c1-11-6(10)5-4(2-9)7-3-8-5/h3,9H,2H2,1H3,(H,7,8). The van der Waals surface area contributed by atoms with Gasteiger partial charge in [0.2, 0.25) is 0 Å². The maximum atomic E-state index is 10.8. The molecule has 1 aromatic heterocycles. The van der Waals surface area contributed by atoms with Crippen molar-refractivity contribution >= 4 is 5.97 Å². The molecule has 60 valence electrons. The Hall–Kier alpha value is -1.36. The number of H-pyrrole nitrogens is 1. The number of rotatable bonds is 2. The van der Waals surface area contributed by atoms with E-state index in [9.17, 15) is 4.79 Å². The van der Waals surface area contributed by atoms with Gasteiger partial charge in [0.25, 0.3) is 0 Å². The topological polar surface area (TPSA) is 75.2 Å². The highest BCUT2D eigenvalue weighted by atomic mass is 16.5. The van der Waals surface area contributed by atoms with Gasteiger partial charge in [-0.1, -0.05) is 0 Å². The van der Waals surface area contributed by atoms with E-state index in [1.165, 1.54) is 13.4 Å². The van der Waals surface area contributed by atoms with Gasteiger partial charge >= 0.3 is 5.97 Å². The third kappa shape index (κ3) is 1.38. The van der Waals surface area contributed by atoms with E-state index in [2.05, 4.69) is 14.7 Å². The molecule has 5 nitrogen and oxygen atoms in total. The van der Waals surface area contributed by atoms with Crippen LogP contribution >= 0.6 is 0 Å². The lowest BCUT2D eigenvalue weighted by Crippen LogP contribution is -2.05. The molecule has 11 heavy (non-hydrogen) atoms. The quantitative estimate of drug-likeness (QED) is 0.576. The molecular weight excluding hydrogens is 148 g/mol. The van der Waals surface area contributed by atoms with E-state index < -0.39 is 5.97 Å². The highest BCUT2D eigenvalue weighted by Gasteiger charge is 2.12. The monoisotopic (exact) mass is 156 g/mol. The second-order valence-corrected chi connectivity index (χ2v) is 1.87. The summed E-state index contributed by atoms with van der Waals surface area (Å²) in [7, 11) is 1.27. The summed E-state index contributed by atoms with van der Waals surface area (Å²) in [6.07, 6.45) is 1.33. The summed E-state index contributed by atoms with van der Waals surface area (Å²) in [4.78, 5) is 17.1. The van der Waals surface area contributed by atoms with Crippen LogP contribution in [-0.2, 0) is 11.3 Å². The second-order valence-electron chi connectivity index (χ2n) is 1.87. The van der Waals surface area contributed by atoms with Crippen LogP contribution in [0.25, 0.3) is 0 Å². The lowest BCUT2D eigenvalue weighted by molar-refractivity contribution is 0.0591. The molecule has 0 radical (unpaired) electrons. The van der Waals surface area contributed by atoms with Crippen LogP contribution in [0.15, 0.2) is 6.33 Å². The third-order valence-electron chi connectivity index (χ3n) is 1.26. The van der Waals surface area contributed by atoms with E-state index in [0.717, 1.165) is 0 Å². The number of carbonyl (C=O) groups is 1. The molecule has 0 aliphatic rings. The van der Waals surface area contributed by atoms with Crippen LogP contribution in [0.3, 0.4) is 0 Å². The average molecular weight is 156 g/mol. The molecule has 0 fully saturated rings. The molecule has 0 atom stereocenters. The SMILES string of the molecule is COC(=O)c1[nH]cnc1CO. The minimum absolute atomic E-state index is 0.204. The maximum absolute atomic E-state index is 10.8. The number of carbonyl (C=O) groups excluding carboxylic acids is 1. The number of aliphatic hydroxyl groups excluding tert-OH is 1. The minimum atomic E-state index is -0.522. The average Bonchev–Trinajstić information content (AvgIpc) is 2.50. The Morgan fingerprint density at radius 1 is 1.91 bits per heavy atom. The van der Waals surface area contributed by atoms with Gasteiger partial charge in [0.05, 0.1) is 25.7 Å². The van der Waals surface area contributed by atoms with Crippen molar-refractivity contribution in [2.24, 2.45) is 0 Å². The first kappa shape index (κ1) is 7.74. The summed E-state index contributed by atoms with van der Waals surface area (Å²) in [5, 5.41) is 8.66. The van der Waals surface area contributed by atoms with Crippen molar-refractivity contribution in [2.45, 2.75) is 6.61 Å². The number of hydrogen-bond donors (Lipinski definition) is 2. The fourth-order valence-corrected chi connectivity index (χ4v) is 0.721. The Morgan fingerprint density at radius 2 is 2.64 bits per heavy atom. The summed E-state index contributed by atoms with van der Waals surface area (Å²) in [6.45, 7) is -0.270. The lowest BCUT2D eigenvalue weighted by atomic mass is 10.3. The van der Waals surface area contributed by atoms with Gasteiger partial charge in [-0.05, 0) is 0 Å². The Bertz CT molecular complexity index is 256. The number of aliphatic hydroxyl groups is 1. The molecule has 5 heteroatoms. The van der Waals surface area contributed by atoms with Crippen molar-refractivity contribution in [1.29, 1.82) is 0 Å². The van der Waals surface area contributed by atoms with Crippen LogP contribution in [0.2, 0.25) is 0 Å². The van der Waals surface area contributed by atoms with E-state index in [1.807, 2.05) is 0 Å². The van der Waals surface area contributed by atoms with Crippen LogP contribution in [-0.4, -0.2) is 28.2 Å². The van der Waals surface area contributed by atoms with Crippen molar-refractivity contribution in [3.8, 4) is 0 Å². The normalized spacial score (nSPS) is 9.64. The van der Waals surface area contributed by atoms with Crippen molar-refractivity contribution < 1.29 is 14.6 Å². The van der Waals surface area contributed by atoms with Crippen LogP contribution in [0.5, 0.6) is 0 Å². The molecule has 1 heterocycles. The first-order valence-electron chi connectivity index (χ1n) is 3.01. The van der Waals surface area contributed by atoms with Crippen LogP contribution < -0.4 is 0 Å². The number of aromatic amines is 1. The number of methoxy groups -OCH3 is 1. The Morgan fingerprint density at radius 3 is 3.18 bits per heavy atom. The molecule has 0 aromatic carbocycles. The number of aromatic nitrogens is 2. The van der Waals surface area contributed by atoms with Gasteiger partial charge in [-0.3, -0.25) is 0 Å². The van der Waals surface area contributed by atoms with Gasteiger partial charge in [-0.25, -0.2) is 9.78 Å². The molecule has 0 bridgehead atoms. The molecular formula is C6H8N2O3. The fourth-order valence-electron chi connectivity index (χ4n) is 0.721. The van der Waals surface area contributed by atoms with Gasteiger partial charge in [-0.2, -0.15) is 0 Å². The zero-order valence-electron chi connectivity index (χ0n) is 6.00. The molecule has 0 aliphatic heterocycles. The molecule has 0 unspecified atom stereocenters. The highest BCUT2D eigenvalue weighted by molar-refractivity contribution is 5.88. The summed E-state index contributed by atoms with van der Waals surface area (Å²) < 4.78 is 4.42. The Labute approximate surface area is 63.0 Å². The molecule has 0 saturated heterocycles. The number of esters is 1. The van der Waals surface area contributed by atoms with E-state index in [1.54, 1.807) is 0 Å². The predicted octanol–water partition coefficient (Wildman–Crippen LogP) is -0.311. The van der Waals surface area contributed by atoms with Gasteiger partial charge in [0.1, 0.15) is 5.69 Å². The number of ether oxygens (including phenoxy) is 1. The number of hydrogen-bond acceptors (Lipinski definition) is 4. The summed E-state index contributed by atoms with van der Waals surface area (Å²) in [5.41, 5.74) is 0.506. The van der Waals surface area contributed by atoms with Crippen LogP contribution in [0, 0.1) is 0 Å². The zero-order valence-corrected chi connectivity index (χ0v) is 6.00. The molecule has 1 aromatic rings. The number of nitrogens with zero attached hydrogens (tertiary/aromatic N) is 1. The van der Waals surface area contributed by atoms with E-state index in [-0.39, 0.29) is 12.3 Å². The first-order chi connectivity index (χ1) is 5.29. The van der Waals surface area contributed by atoms with Gasteiger partial charge < -0.3 is 14.8 Å². The van der Waals surface area contributed by atoms with E-state index in [0.29, 0.717) is 5.69 Å². The summed E-state index contributed by atoms with van der Waals surface area (Å²) in [6, 6.07) is 0. The summed E-state index contributed by atoms with van der Waals surface area (Å²) in [5.74, 6) is -0.522. The Kier molecular flexibility index (Phi) is 2.22. The van der Waals surface area contributed by atoms with E-state index >= 15 is 0 Å². The largest absolute Gasteiger partial charge is 0.464 e. The predicted molar refractivity (Wildman–Crippen MR) is 35.9 cm³/mol. The van der Waals surface area contributed by atoms with Crippen molar-refractivity contribution in [2.75, 3.05) is 7.11 Å². The summed E-state index contributed by atoms with van der Waals surface area (Å²) >= 11 is 0. The Balaban J connectivity index is 2.92. The lowest BCUT2D eigenvalue weighted by Gasteiger charge is -1.95. The fraction of sp³-hybridized carbons (Fsp3) is 0.333.